The van der Waals surface area contributed by atoms with Crippen molar-refractivity contribution in [1.29, 1.82) is 0 Å². The first kappa shape index (κ1) is 24.0. The van der Waals surface area contributed by atoms with E-state index in [1.165, 1.54) is 15.9 Å². The first-order chi connectivity index (χ1) is 16.5. The lowest BCUT2D eigenvalue weighted by molar-refractivity contribution is -0.121. The van der Waals surface area contributed by atoms with E-state index >= 15 is 0 Å². The highest BCUT2D eigenvalue weighted by Gasteiger charge is 2.14. The number of fused-ring (bicyclic) bond motifs is 1. The number of carbonyl (C=O) groups excluding carboxylic acids is 1. The Morgan fingerprint density at radius 2 is 1.65 bits per heavy atom. The number of nitrogens with one attached hydrogen (secondary N) is 1. The monoisotopic (exact) mass is 495 g/mol. The highest BCUT2D eigenvalue weighted by Crippen LogP contribution is 2.17. The quantitative estimate of drug-likeness (QED) is 0.321. The van der Waals surface area contributed by atoms with Crippen molar-refractivity contribution in [3.63, 3.8) is 0 Å². The Bertz CT molecular complexity index is 1370. The molecule has 0 atom stereocenters. The van der Waals surface area contributed by atoms with Crippen LogP contribution in [0.3, 0.4) is 0 Å². The third-order valence-corrected chi connectivity index (χ3v) is 6.85. The van der Waals surface area contributed by atoms with Gasteiger partial charge < -0.3 is 5.32 Å². The van der Waals surface area contributed by atoms with Gasteiger partial charge in [0.05, 0.1) is 12.1 Å². The van der Waals surface area contributed by atoms with E-state index in [2.05, 4.69) is 5.32 Å². The Morgan fingerprint density at radius 3 is 2.41 bits per heavy atom. The van der Waals surface area contributed by atoms with Crippen LogP contribution in [0, 0.1) is 0 Å². The maximum absolute atomic E-state index is 13.2. The van der Waals surface area contributed by atoms with Gasteiger partial charge in [-0.25, -0.2) is 4.79 Å². The third kappa shape index (κ3) is 5.85. The molecule has 0 radical (unpaired) electrons. The van der Waals surface area contributed by atoms with Gasteiger partial charge in [-0.3, -0.25) is 18.7 Å². The third-order valence-electron chi connectivity index (χ3n) is 5.71. The number of unbranched alkanes of at least 4 members (excludes halogenated alkanes) is 2. The molecule has 0 bridgehead atoms. The van der Waals surface area contributed by atoms with E-state index in [0.29, 0.717) is 54.1 Å². The van der Waals surface area contributed by atoms with Crippen LogP contribution in [-0.2, 0) is 24.4 Å². The first-order valence-electron chi connectivity index (χ1n) is 11.3. The van der Waals surface area contributed by atoms with Gasteiger partial charge in [-0.15, -0.1) is 11.3 Å². The van der Waals surface area contributed by atoms with Crippen LogP contribution in [0.4, 0.5) is 0 Å². The summed E-state index contributed by atoms with van der Waals surface area (Å²) >= 11 is 7.33. The van der Waals surface area contributed by atoms with E-state index in [9.17, 15) is 14.4 Å². The largest absolute Gasteiger partial charge is 0.352 e. The number of aromatic nitrogens is 2. The van der Waals surface area contributed by atoms with Gasteiger partial charge >= 0.3 is 5.69 Å². The van der Waals surface area contributed by atoms with Gasteiger partial charge in [0.2, 0.25) is 5.91 Å². The predicted octanol–water partition coefficient (Wildman–Crippen LogP) is 4.80. The molecule has 6 nitrogen and oxygen atoms in total. The molecular formula is C26H26ClN3O3S. The van der Waals surface area contributed by atoms with Crippen molar-refractivity contribution >= 4 is 39.1 Å². The highest BCUT2D eigenvalue weighted by molar-refractivity contribution is 7.17. The molecule has 8 heteroatoms. The average Bonchev–Trinajstić information content (AvgIpc) is 3.34. The second-order valence-electron chi connectivity index (χ2n) is 8.16. The Labute approximate surface area is 206 Å². The second kappa shape index (κ2) is 11.3. The number of rotatable bonds is 10. The molecule has 0 fully saturated rings. The summed E-state index contributed by atoms with van der Waals surface area (Å²) in [6, 6.07) is 18.9. The van der Waals surface area contributed by atoms with Crippen molar-refractivity contribution in [3.8, 4) is 0 Å². The zero-order valence-corrected chi connectivity index (χ0v) is 20.3. The SMILES string of the molecule is O=C(CCCCCn1c(=O)c2sccc2n(Cc2ccc(Cl)cc2)c1=O)NCc1ccccc1. The molecule has 0 aliphatic heterocycles. The van der Waals surface area contributed by atoms with E-state index in [1.807, 2.05) is 53.9 Å². The van der Waals surface area contributed by atoms with Crippen LogP contribution in [-0.4, -0.2) is 15.0 Å². The molecule has 0 aliphatic rings. The van der Waals surface area contributed by atoms with E-state index < -0.39 is 0 Å². The molecular weight excluding hydrogens is 470 g/mol. The summed E-state index contributed by atoms with van der Waals surface area (Å²) in [6.45, 7) is 1.21. The molecule has 0 aliphatic carbocycles. The molecule has 0 saturated carbocycles. The van der Waals surface area contributed by atoms with Crippen LogP contribution < -0.4 is 16.6 Å². The van der Waals surface area contributed by atoms with Gasteiger partial charge in [0.1, 0.15) is 4.70 Å². The van der Waals surface area contributed by atoms with E-state index in [0.717, 1.165) is 17.5 Å². The van der Waals surface area contributed by atoms with Gasteiger partial charge in [0.15, 0.2) is 0 Å². The van der Waals surface area contributed by atoms with Crippen LogP contribution in [0.1, 0.15) is 36.8 Å². The fourth-order valence-electron chi connectivity index (χ4n) is 3.87. The zero-order valence-electron chi connectivity index (χ0n) is 18.7. The maximum atomic E-state index is 13.2. The molecule has 34 heavy (non-hydrogen) atoms. The lowest BCUT2D eigenvalue weighted by atomic mass is 10.1. The van der Waals surface area contributed by atoms with E-state index in [4.69, 9.17) is 11.6 Å². The molecule has 176 valence electrons. The Balaban J connectivity index is 1.36. The highest BCUT2D eigenvalue weighted by atomic mass is 35.5. The summed E-state index contributed by atoms with van der Waals surface area (Å²) < 4.78 is 3.55. The van der Waals surface area contributed by atoms with Crippen LogP contribution in [0.15, 0.2) is 75.6 Å². The summed E-state index contributed by atoms with van der Waals surface area (Å²) in [5, 5.41) is 5.39. The Kier molecular flexibility index (Phi) is 7.98. The van der Waals surface area contributed by atoms with E-state index in [1.54, 1.807) is 16.7 Å². The molecule has 0 spiro atoms. The predicted molar refractivity (Wildman–Crippen MR) is 138 cm³/mol. The van der Waals surface area contributed by atoms with Crippen LogP contribution in [0.25, 0.3) is 10.2 Å². The lowest BCUT2D eigenvalue weighted by Gasteiger charge is -2.12. The number of carbonyl (C=O) groups is 1. The lowest BCUT2D eigenvalue weighted by Crippen LogP contribution is -2.39. The summed E-state index contributed by atoms with van der Waals surface area (Å²) in [5.74, 6) is 0.00588. The average molecular weight is 496 g/mol. The number of hydrogen-bond acceptors (Lipinski definition) is 4. The molecule has 2 aromatic heterocycles. The molecule has 4 aromatic rings. The van der Waals surface area contributed by atoms with Crippen molar-refractivity contribution < 1.29 is 4.79 Å². The summed E-state index contributed by atoms with van der Waals surface area (Å²) in [7, 11) is 0. The smallest absolute Gasteiger partial charge is 0.331 e. The van der Waals surface area contributed by atoms with Gasteiger partial charge in [-0.1, -0.05) is 60.5 Å². The van der Waals surface area contributed by atoms with Gasteiger partial charge in [0.25, 0.3) is 5.56 Å². The molecule has 4 rings (SSSR count). The minimum atomic E-state index is -0.313. The minimum absolute atomic E-state index is 0.00588. The number of nitrogens with zero attached hydrogens (tertiary/aromatic N) is 2. The molecule has 1 amide bonds. The first-order valence-corrected chi connectivity index (χ1v) is 12.5. The summed E-state index contributed by atoms with van der Waals surface area (Å²) in [6.07, 6.45) is 2.53. The van der Waals surface area contributed by atoms with E-state index in [-0.39, 0.29) is 17.2 Å². The molecule has 2 heterocycles. The Morgan fingerprint density at radius 1 is 0.882 bits per heavy atom. The van der Waals surface area contributed by atoms with Gasteiger partial charge in [0, 0.05) is 24.5 Å². The molecule has 0 saturated heterocycles. The van der Waals surface area contributed by atoms with Crippen molar-refractivity contribution in [2.24, 2.45) is 0 Å². The number of thiophene rings is 1. The van der Waals surface area contributed by atoms with Crippen LogP contribution in [0.5, 0.6) is 0 Å². The van der Waals surface area contributed by atoms with Crippen LogP contribution >= 0.6 is 22.9 Å². The topological polar surface area (TPSA) is 73.1 Å². The zero-order chi connectivity index (χ0) is 23.9. The number of benzene rings is 2. The maximum Gasteiger partial charge on any atom is 0.331 e. The number of hydrogen-bond donors (Lipinski definition) is 1. The van der Waals surface area contributed by atoms with Gasteiger partial charge in [-0.05, 0) is 47.5 Å². The van der Waals surface area contributed by atoms with Crippen molar-refractivity contribution in [2.75, 3.05) is 0 Å². The minimum Gasteiger partial charge on any atom is -0.352 e. The van der Waals surface area contributed by atoms with Crippen molar-refractivity contribution in [3.05, 3.63) is 103 Å². The number of amides is 1. The normalized spacial score (nSPS) is 11.1. The molecule has 2 aromatic carbocycles. The fourth-order valence-corrected chi connectivity index (χ4v) is 4.84. The van der Waals surface area contributed by atoms with Gasteiger partial charge in [-0.2, -0.15) is 0 Å². The summed E-state index contributed by atoms with van der Waals surface area (Å²) in [5.41, 5.74) is 2.09. The molecule has 1 N–H and O–H groups in total. The standard InChI is InChI=1S/C26H26ClN3O3S/c27-21-12-10-20(11-13-21)18-30-22-14-16-34-24(22)25(32)29(26(30)33)15-6-2-5-9-23(31)28-17-19-7-3-1-4-8-19/h1,3-4,7-8,10-14,16H,2,5-6,9,15,17-18H2,(H,28,31). The molecule has 0 unspecified atom stereocenters. The second-order valence-corrected chi connectivity index (χ2v) is 9.51. The summed E-state index contributed by atoms with van der Waals surface area (Å²) in [4.78, 5) is 38.2. The number of halogens is 1. The fraction of sp³-hybridized carbons (Fsp3) is 0.269. The Hall–Kier alpha value is -3.16. The van der Waals surface area contributed by atoms with Crippen molar-refractivity contribution in [1.82, 2.24) is 14.5 Å². The van der Waals surface area contributed by atoms with Crippen molar-refractivity contribution in [2.45, 2.75) is 45.3 Å². The van der Waals surface area contributed by atoms with Crippen LogP contribution in [0.2, 0.25) is 5.02 Å².